The first-order valence-corrected chi connectivity index (χ1v) is 14.4. The summed E-state index contributed by atoms with van der Waals surface area (Å²) in [4.78, 5) is 33.5. The fourth-order valence-electron chi connectivity index (χ4n) is 3.08. The van der Waals surface area contributed by atoms with E-state index < -0.39 is 30.4 Å². The Labute approximate surface area is 237 Å². The van der Waals surface area contributed by atoms with E-state index in [2.05, 4.69) is 0 Å². The first kappa shape index (κ1) is 36.6. The van der Waals surface area contributed by atoms with Crippen LogP contribution in [0.1, 0.15) is 49.0 Å². The molecule has 2 aromatic carbocycles. The van der Waals surface area contributed by atoms with Crippen molar-refractivity contribution in [2.45, 2.75) is 55.0 Å². The van der Waals surface area contributed by atoms with E-state index in [0.29, 0.717) is 12.4 Å². The van der Waals surface area contributed by atoms with E-state index in [9.17, 15) is 24.3 Å². The number of ether oxygens (including phenoxy) is 2. The van der Waals surface area contributed by atoms with E-state index in [4.69, 9.17) is 24.3 Å². The second kappa shape index (κ2) is 18.0. The lowest BCUT2D eigenvalue weighted by molar-refractivity contribution is -0.384. The van der Waals surface area contributed by atoms with Crippen LogP contribution in [0.15, 0.2) is 54.6 Å². The lowest BCUT2D eigenvalue weighted by Crippen LogP contribution is -2.36. The van der Waals surface area contributed by atoms with Gasteiger partial charge in [0.25, 0.3) is 5.69 Å². The summed E-state index contributed by atoms with van der Waals surface area (Å²) in [5, 5.41) is 10.8. The monoisotopic (exact) mass is 582 g/mol. The van der Waals surface area contributed by atoms with Crippen molar-refractivity contribution in [3.8, 4) is 11.5 Å². The van der Waals surface area contributed by atoms with Crippen LogP contribution in [0, 0.1) is 27.9 Å². The number of non-ortho nitro benzene ring substituents is 1. The second-order valence-corrected chi connectivity index (χ2v) is 11.1. The molecule has 12 heteroatoms. The van der Waals surface area contributed by atoms with Crippen molar-refractivity contribution in [2.24, 2.45) is 23.5 Å². The van der Waals surface area contributed by atoms with Crippen molar-refractivity contribution in [1.82, 2.24) is 0 Å². The number of benzene rings is 2. The Morgan fingerprint density at radius 2 is 1.32 bits per heavy atom. The van der Waals surface area contributed by atoms with Crippen LogP contribution in [-0.2, 0) is 23.6 Å². The van der Waals surface area contributed by atoms with Crippen LogP contribution in [0.4, 0.5) is 5.69 Å². The molecule has 0 radical (unpaired) electrons. The lowest BCUT2D eigenvalue weighted by atomic mass is 9.98. The fourth-order valence-corrected chi connectivity index (χ4v) is 5.21. The van der Waals surface area contributed by atoms with E-state index in [-0.39, 0.29) is 49.4 Å². The number of para-hydroxylation sites is 1. The molecule has 2 rings (SSSR count). The molecule has 0 aliphatic heterocycles. The highest BCUT2D eigenvalue weighted by Crippen LogP contribution is 2.51. The lowest BCUT2D eigenvalue weighted by Gasteiger charge is -2.25. The Kier molecular flexibility index (Phi) is 16.5. The molecule has 0 heterocycles. The van der Waals surface area contributed by atoms with Gasteiger partial charge in [-0.05, 0) is 49.9 Å². The minimum atomic E-state index is -3.86. The summed E-state index contributed by atoms with van der Waals surface area (Å²) in [6.07, 6.45) is -0.199. The van der Waals surface area contributed by atoms with Crippen molar-refractivity contribution in [3.05, 3.63) is 64.7 Å². The first-order chi connectivity index (χ1) is 18.3. The van der Waals surface area contributed by atoms with Crippen molar-refractivity contribution < 1.29 is 37.6 Å². The van der Waals surface area contributed by atoms with Gasteiger partial charge in [-0.1, -0.05) is 53.3 Å². The Hall–Kier alpha value is -3.43. The third-order valence-corrected chi connectivity index (χ3v) is 7.19. The highest BCUT2D eigenvalue weighted by molar-refractivity contribution is 7.54. The number of rotatable bonds is 13. The smallest absolute Gasteiger partial charge is 0.431 e. The van der Waals surface area contributed by atoms with Crippen molar-refractivity contribution in [3.63, 3.8) is 0 Å². The van der Waals surface area contributed by atoms with Gasteiger partial charge in [0.2, 0.25) is 0 Å². The largest absolute Gasteiger partial charge is 0.466 e. The van der Waals surface area contributed by atoms with Gasteiger partial charge < -0.3 is 24.3 Å². The van der Waals surface area contributed by atoms with Gasteiger partial charge in [0.05, 0.1) is 30.2 Å². The van der Waals surface area contributed by atoms with E-state index in [1.54, 1.807) is 44.2 Å². The summed E-state index contributed by atoms with van der Waals surface area (Å²) in [6, 6.07) is 13.2. The van der Waals surface area contributed by atoms with Crippen LogP contribution in [0.2, 0.25) is 0 Å². The van der Waals surface area contributed by atoms with Gasteiger partial charge >= 0.3 is 19.5 Å². The van der Waals surface area contributed by atoms with Crippen LogP contribution in [-0.4, -0.2) is 42.3 Å². The molecule has 0 aliphatic rings. The maximum absolute atomic E-state index is 13.6. The summed E-state index contributed by atoms with van der Waals surface area (Å²) in [7, 11) is -3.86. The minimum Gasteiger partial charge on any atom is -0.466 e. The highest BCUT2D eigenvalue weighted by atomic mass is 31.2. The Morgan fingerprint density at radius 1 is 0.850 bits per heavy atom. The average molecular weight is 583 g/mol. The molecule has 1 unspecified atom stereocenters. The standard InChI is InChI=1S/C20H24NO7P.C7H15NO2.CH4/c1-4-26-20(22)19(15(2)3)14-29(25,27-17-8-6-5-7-9-17)28-18-12-10-16(11-13-18)21(23)24;1-4-10-7(9)6(8)5(2)3;/h5-13,15,19H,4,14H2,1-3H3;5-6H,4,8H2,1-3H3;1H4/t19-,29?;6-;/m00./s1. The first-order valence-electron chi connectivity index (χ1n) is 12.7. The average Bonchev–Trinajstić information content (AvgIpc) is 2.88. The molecule has 2 aromatic rings. The third-order valence-electron chi connectivity index (χ3n) is 5.37. The molecule has 3 atom stereocenters. The van der Waals surface area contributed by atoms with Crippen molar-refractivity contribution in [1.29, 1.82) is 0 Å². The van der Waals surface area contributed by atoms with Gasteiger partial charge in [-0.25, -0.2) is 4.57 Å². The van der Waals surface area contributed by atoms with Crippen LogP contribution in [0.5, 0.6) is 11.5 Å². The van der Waals surface area contributed by atoms with Gasteiger partial charge in [0.1, 0.15) is 17.5 Å². The van der Waals surface area contributed by atoms with Gasteiger partial charge in [-0.15, -0.1) is 0 Å². The molecule has 224 valence electrons. The molecule has 40 heavy (non-hydrogen) atoms. The number of nitro groups is 1. The summed E-state index contributed by atoms with van der Waals surface area (Å²) in [5.74, 6) is -1.04. The van der Waals surface area contributed by atoms with E-state index in [0.717, 1.165) is 0 Å². The normalized spacial score (nSPS) is 13.4. The minimum absolute atomic E-state index is 0. The molecule has 0 spiro atoms. The molecule has 0 bridgehead atoms. The Bertz CT molecular complexity index is 1090. The SMILES string of the molecule is C.CCOC(=O)[C@@H](CP(=O)(Oc1ccccc1)Oc1ccc([N+](=O)[O-])cc1)C(C)C.CCOC(=O)[C@@H](N)C(C)C. The number of esters is 2. The van der Waals surface area contributed by atoms with Crippen LogP contribution in [0.3, 0.4) is 0 Å². The molecule has 0 aromatic heterocycles. The Morgan fingerprint density at radius 3 is 1.75 bits per heavy atom. The fraction of sp³-hybridized carbons (Fsp3) is 0.500. The van der Waals surface area contributed by atoms with Crippen molar-refractivity contribution in [2.75, 3.05) is 19.4 Å². The van der Waals surface area contributed by atoms with Crippen LogP contribution < -0.4 is 14.8 Å². The molecule has 2 N–H and O–H groups in total. The molecule has 11 nitrogen and oxygen atoms in total. The summed E-state index contributed by atoms with van der Waals surface area (Å²) in [6.45, 7) is 11.5. The summed E-state index contributed by atoms with van der Waals surface area (Å²) >= 11 is 0. The molecule has 0 aliphatic carbocycles. The molecule has 0 saturated carbocycles. The molecule has 0 fully saturated rings. The molecular weight excluding hydrogens is 539 g/mol. The van der Waals surface area contributed by atoms with Gasteiger partial charge in [-0.3, -0.25) is 19.7 Å². The zero-order valence-corrected chi connectivity index (χ0v) is 24.2. The highest BCUT2D eigenvalue weighted by Gasteiger charge is 2.38. The number of carbonyl (C=O) groups excluding carboxylic acids is 2. The van der Waals surface area contributed by atoms with Gasteiger partial charge in [0.15, 0.2) is 0 Å². The predicted octanol–water partition coefficient (Wildman–Crippen LogP) is 6.25. The number of hydrogen-bond donors (Lipinski definition) is 1. The van der Waals surface area contributed by atoms with E-state index >= 15 is 0 Å². The number of carbonyl (C=O) groups is 2. The molecular formula is C28H43N2O9P. The molecule has 0 amide bonds. The summed E-state index contributed by atoms with van der Waals surface area (Å²) < 4.78 is 34.8. The number of nitrogens with zero attached hydrogens (tertiary/aromatic N) is 1. The maximum Gasteiger partial charge on any atom is 0.431 e. The predicted molar refractivity (Wildman–Crippen MR) is 154 cm³/mol. The zero-order valence-electron chi connectivity index (χ0n) is 23.3. The van der Waals surface area contributed by atoms with Gasteiger partial charge in [-0.2, -0.15) is 0 Å². The second-order valence-electron chi connectivity index (χ2n) is 9.16. The van der Waals surface area contributed by atoms with Crippen LogP contribution in [0.25, 0.3) is 0 Å². The van der Waals surface area contributed by atoms with Gasteiger partial charge in [0, 0.05) is 12.1 Å². The number of nitro benzene ring substituents is 1. The number of nitrogens with two attached hydrogens (primary N) is 1. The molecule has 0 saturated heterocycles. The van der Waals surface area contributed by atoms with Crippen LogP contribution >= 0.6 is 7.60 Å². The van der Waals surface area contributed by atoms with E-state index in [1.807, 2.05) is 27.7 Å². The van der Waals surface area contributed by atoms with E-state index in [1.165, 1.54) is 24.3 Å². The third kappa shape index (κ3) is 12.6. The zero-order chi connectivity index (χ0) is 29.6. The Balaban J connectivity index is 0.00000118. The maximum atomic E-state index is 13.6. The summed E-state index contributed by atoms with van der Waals surface area (Å²) in [5.41, 5.74) is 5.35. The van der Waals surface area contributed by atoms with Crippen molar-refractivity contribution >= 4 is 25.2 Å². The topological polar surface area (TPSA) is 157 Å². The number of hydrogen-bond acceptors (Lipinski definition) is 10. The quantitative estimate of drug-likeness (QED) is 0.124.